The zero-order valence-corrected chi connectivity index (χ0v) is 17.0. The van der Waals surface area contributed by atoms with Crippen molar-refractivity contribution in [2.75, 3.05) is 31.5 Å². The second kappa shape index (κ2) is 8.39. The first-order valence-corrected chi connectivity index (χ1v) is 11.5. The van der Waals surface area contributed by atoms with Gasteiger partial charge >= 0.3 is 0 Å². The Labute approximate surface area is 171 Å². The van der Waals surface area contributed by atoms with Crippen LogP contribution >= 0.6 is 0 Å². The predicted octanol–water partition coefficient (Wildman–Crippen LogP) is 2.86. The third-order valence-electron chi connectivity index (χ3n) is 5.36. The number of hydrogen-bond donors (Lipinski definition) is 2. The van der Waals surface area contributed by atoms with Gasteiger partial charge in [0.05, 0.1) is 10.6 Å². The molecule has 2 aromatic carbocycles. The van der Waals surface area contributed by atoms with Crippen LogP contribution in [0.3, 0.4) is 0 Å². The molecule has 1 fully saturated rings. The smallest absolute Gasteiger partial charge is 0.269 e. The van der Waals surface area contributed by atoms with Crippen LogP contribution in [0, 0.1) is 0 Å². The van der Waals surface area contributed by atoms with Crippen molar-refractivity contribution in [3.8, 4) is 0 Å². The van der Waals surface area contributed by atoms with E-state index in [1.807, 2.05) is 6.07 Å². The highest BCUT2D eigenvalue weighted by molar-refractivity contribution is 7.97. The number of sulfone groups is 1. The van der Waals surface area contributed by atoms with E-state index in [2.05, 4.69) is 15.5 Å². The van der Waals surface area contributed by atoms with Crippen molar-refractivity contribution in [3.63, 3.8) is 0 Å². The van der Waals surface area contributed by atoms with Crippen LogP contribution in [0.4, 0.5) is 5.69 Å². The summed E-state index contributed by atoms with van der Waals surface area (Å²) in [6.45, 7) is 3.54. The number of fused-ring (bicyclic) bond motifs is 1. The van der Waals surface area contributed by atoms with Crippen LogP contribution in [0.25, 0.3) is 5.70 Å². The minimum absolute atomic E-state index is 0.179. The van der Waals surface area contributed by atoms with E-state index in [0.717, 1.165) is 19.6 Å². The number of amides is 1. The quantitative estimate of drug-likeness (QED) is 0.764. The number of rotatable bonds is 6. The third-order valence-corrected chi connectivity index (χ3v) is 7.22. The first kappa shape index (κ1) is 19.7. The zero-order valence-electron chi connectivity index (χ0n) is 16.2. The highest BCUT2D eigenvalue weighted by Crippen LogP contribution is 2.38. The highest BCUT2D eigenvalue weighted by Gasteiger charge is 2.39. The lowest BCUT2D eigenvalue weighted by Crippen LogP contribution is -2.35. The molecule has 152 valence electrons. The number of nitrogens with zero attached hydrogens (tertiary/aromatic N) is 1. The van der Waals surface area contributed by atoms with Gasteiger partial charge in [0, 0.05) is 24.3 Å². The molecule has 4 rings (SSSR count). The fraction of sp³-hybridized carbons (Fsp3) is 0.318. The van der Waals surface area contributed by atoms with Crippen molar-refractivity contribution in [2.45, 2.75) is 24.2 Å². The number of nitrogens with one attached hydrogen (secondary N) is 2. The number of piperidine rings is 1. The maximum absolute atomic E-state index is 13.1. The summed E-state index contributed by atoms with van der Waals surface area (Å²) in [7, 11) is -3.88. The van der Waals surface area contributed by atoms with E-state index in [9.17, 15) is 13.2 Å². The number of carbonyl (C=O) groups excluding carboxylic acids is 1. The Morgan fingerprint density at radius 3 is 2.38 bits per heavy atom. The highest BCUT2D eigenvalue weighted by atomic mass is 32.2. The van der Waals surface area contributed by atoms with Crippen molar-refractivity contribution in [1.82, 2.24) is 10.2 Å². The molecule has 29 heavy (non-hydrogen) atoms. The molecule has 2 N–H and O–H groups in total. The second-order valence-electron chi connectivity index (χ2n) is 7.35. The van der Waals surface area contributed by atoms with Gasteiger partial charge in [-0.3, -0.25) is 4.79 Å². The van der Waals surface area contributed by atoms with Crippen molar-refractivity contribution in [2.24, 2.45) is 0 Å². The SMILES string of the molecule is O=C(Nc1ccccc1)C1=C(NCCN2CCCCC2)c2ccccc2S1(=O)=O. The summed E-state index contributed by atoms with van der Waals surface area (Å²) in [5.41, 5.74) is 1.51. The monoisotopic (exact) mass is 411 g/mol. The lowest BCUT2D eigenvalue weighted by molar-refractivity contribution is -0.112. The van der Waals surface area contributed by atoms with Crippen LogP contribution in [0.1, 0.15) is 24.8 Å². The van der Waals surface area contributed by atoms with Crippen LogP contribution in [-0.4, -0.2) is 45.4 Å². The van der Waals surface area contributed by atoms with E-state index in [1.54, 1.807) is 48.5 Å². The number of likely N-dealkylation sites (tertiary alicyclic amines) is 1. The Balaban J connectivity index is 1.61. The summed E-state index contributed by atoms with van der Waals surface area (Å²) in [5, 5.41) is 5.97. The number of benzene rings is 2. The molecule has 1 amide bonds. The summed E-state index contributed by atoms with van der Waals surface area (Å²) >= 11 is 0. The van der Waals surface area contributed by atoms with E-state index < -0.39 is 15.7 Å². The van der Waals surface area contributed by atoms with Gasteiger partial charge in [0.2, 0.25) is 9.84 Å². The zero-order chi connectivity index (χ0) is 20.3. The molecule has 2 aromatic rings. The van der Waals surface area contributed by atoms with Gasteiger partial charge in [0.25, 0.3) is 5.91 Å². The molecule has 0 spiro atoms. The van der Waals surface area contributed by atoms with Crippen LogP contribution in [0.15, 0.2) is 64.4 Å². The number of anilines is 1. The standard InChI is InChI=1S/C22H25N3O3S/c26-22(24-17-9-3-1-4-10-17)21-20(23-13-16-25-14-7-2-8-15-25)18-11-5-6-12-19(18)29(21,27)28/h1,3-6,9-12,23H,2,7-8,13-16H2,(H,24,26). The minimum atomic E-state index is -3.88. The van der Waals surface area contributed by atoms with Crippen LogP contribution in [0.5, 0.6) is 0 Å². The topological polar surface area (TPSA) is 78.5 Å². The third kappa shape index (κ3) is 4.06. The molecule has 7 heteroatoms. The van der Waals surface area contributed by atoms with Gasteiger partial charge in [-0.15, -0.1) is 0 Å². The van der Waals surface area contributed by atoms with Crippen molar-refractivity contribution >= 4 is 27.1 Å². The van der Waals surface area contributed by atoms with Gasteiger partial charge in [0.15, 0.2) is 4.91 Å². The summed E-state index contributed by atoms with van der Waals surface area (Å²) in [5.74, 6) is -0.618. The van der Waals surface area contributed by atoms with E-state index in [0.29, 0.717) is 23.5 Å². The van der Waals surface area contributed by atoms with Gasteiger partial charge < -0.3 is 15.5 Å². The molecular formula is C22H25N3O3S. The molecule has 6 nitrogen and oxygen atoms in total. The van der Waals surface area contributed by atoms with Gasteiger partial charge in [-0.25, -0.2) is 8.42 Å². The van der Waals surface area contributed by atoms with Crippen molar-refractivity contribution in [1.29, 1.82) is 0 Å². The average Bonchev–Trinajstić information content (AvgIpc) is 2.97. The summed E-state index contributed by atoms with van der Waals surface area (Å²) in [4.78, 5) is 15.3. The second-order valence-corrected chi connectivity index (χ2v) is 9.21. The van der Waals surface area contributed by atoms with Gasteiger partial charge in [-0.1, -0.05) is 42.8 Å². The minimum Gasteiger partial charge on any atom is -0.382 e. The molecule has 0 unspecified atom stereocenters. The van der Waals surface area contributed by atoms with E-state index >= 15 is 0 Å². The summed E-state index contributed by atoms with van der Waals surface area (Å²) in [6, 6.07) is 15.7. The Morgan fingerprint density at radius 2 is 1.62 bits per heavy atom. The summed E-state index contributed by atoms with van der Waals surface area (Å²) < 4.78 is 26.2. The maximum Gasteiger partial charge on any atom is 0.269 e. The maximum atomic E-state index is 13.1. The Kier molecular flexibility index (Phi) is 5.69. The average molecular weight is 412 g/mol. The molecule has 0 aromatic heterocycles. The van der Waals surface area contributed by atoms with E-state index in [1.165, 1.54) is 19.3 Å². The predicted molar refractivity (Wildman–Crippen MR) is 114 cm³/mol. The molecular weight excluding hydrogens is 386 g/mol. The molecule has 0 radical (unpaired) electrons. The molecule has 0 saturated carbocycles. The lowest BCUT2D eigenvalue weighted by atomic mass is 10.1. The van der Waals surface area contributed by atoms with Gasteiger partial charge in [-0.05, 0) is 44.1 Å². The molecule has 0 atom stereocenters. The first-order chi connectivity index (χ1) is 14.1. The van der Waals surface area contributed by atoms with E-state index in [-0.39, 0.29) is 9.80 Å². The van der Waals surface area contributed by atoms with Gasteiger partial charge in [-0.2, -0.15) is 0 Å². The molecule has 1 saturated heterocycles. The molecule has 2 heterocycles. The van der Waals surface area contributed by atoms with Crippen LogP contribution in [0.2, 0.25) is 0 Å². The first-order valence-electron chi connectivity index (χ1n) is 9.99. The normalized spacial score (nSPS) is 18.3. The Morgan fingerprint density at radius 1 is 0.931 bits per heavy atom. The molecule has 2 aliphatic rings. The molecule has 0 bridgehead atoms. The number of para-hydroxylation sites is 1. The molecule has 0 aliphatic carbocycles. The lowest BCUT2D eigenvalue weighted by Gasteiger charge is -2.26. The van der Waals surface area contributed by atoms with E-state index in [4.69, 9.17) is 0 Å². The Hall–Kier alpha value is -2.64. The molecule has 2 aliphatic heterocycles. The largest absolute Gasteiger partial charge is 0.382 e. The summed E-state index contributed by atoms with van der Waals surface area (Å²) in [6.07, 6.45) is 3.67. The van der Waals surface area contributed by atoms with Crippen molar-refractivity contribution in [3.05, 3.63) is 65.1 Å². The van der Waals surface area contributed by atoms with Crippen LogP contribution in [-0.2, 0) is 14.6 Å². The fourth-order valence-corrected chi connectivity index (χ4v) is 5.60. The number of hydrogen-bond acceptors (Lipinski definition) is 5. The number of carbonyl (C=O) groups is 1. The van der Waals surface area contributed by atoms with Crippen LogP contribution < -0.4 is 10.6 Å². The van der Waals surface area contributed by atoms with Crippen molar-refractivity contribution < 1.29 is 13.2 Å². The van der Waals surface area contributed by atoms with Gasteiger partial charge in [0.1, 0.15) is 0 Å². The Bertz CT molecular complexity index is 1030. The fourth-order valence-electron chi connectivity index (χ4n) is 3.92.